The monoisotopic (exact) mass is 338 g/mol. The van der Waals surface area contributed by atoms with E-state index in [1.54, 1.807) is 0 Å². The van der Waals surface area contributed by atoms with Gasteiger partial charge in [-0.25, -0.2) is 4.98 Å². The molecule has 26 heavy (non-hydrogen) atoms. The molecule has 5 rings (SSSR count). The predicted molar refractivity (Wildman–Crippen MR) is 111 cm³/mol. The van der Waals surface area contributed by atoms with Crippen LogP contribution >= 0.6 is 0 Å². The molecule has 0 amide bonds. The van der Waals surface area contributed by atoms with Crippen LogP contribution in [0.15, 0.2) is 66.7 Å². The third-order valence-corrected chi connectivity index (χ3v) is 5.90. The first-order valence-electron chi connectivity index (χ1n) is 9.33. The third kappa shape index (κ3) is 1.96. The van der Waals surface area contributed by atoms with E-state index in [1.165, 1.54) is 32.8 Å². The van der Waals surface area contributed by atoms with E-state index in [2.05, 4.69) is 91.9 Å². The van der Waals surface area contributed by atoms with Gasteiger partial charge in [0.15, 0.2) is 0 Å². The maximum Gasteiger partial charge on any atom is 0.146 e. The molecule has 0 N–H and O–H groups in total. The van der Waals surface area contributed by atoms with Crippen LogP contribution in [0.5, 0.6) is 0 Å². The van der Waals surface area contributed by atoms with Crippen molar-refractivity contribution in [2.45, 2.75) is 32.6 Å². The molecule has 5 aromatic rings. The normalized spacial score (nSPS) is 12.6. The maximum atomic E-state index is 5.06. The molecule has 2 aromatic heterocycles. The van der Waals surface area contributed by atoms with Crippen LogP contribution in [-0.2, 0) is 5.41 Å². The fourth-order valence-electron chi connectivity index (χ4n) is 4.11. The molecule has 0 fully saturated rings. The number of benzene rings is 3. The summed E-state index contributed by atoms with van der Waals surface area (Å²) in [7, 11) is 0. The van der Waals surface area contributed by atoms with Gasteiger partial charge in [-0.15, -0.1) is 0 Å². The first kappa shape index (κ1) is 15.4. The number of rotatable bonds is 2. The Kier molecular flexibility index (Phi) is 3.14. The van der Waals surface area contributed by atoms with Gasteiger partial charge in [0.2, 0.25) is 0 Å². The molecule has 3 aromatic carbocycles. The van der Waals surface area contributed by atoms with Crippen LogP contribution in [0.1, 0.15) is 32.8 Å². The van der Waals surface area contributed by atoms with Crippen molar-refractivity contribution in [2.75, 3.05) is 0 Å². The van der Waals surface area contributed by atoms with Crippen LogP contribution in [0.4, 0.5) is 0 Å². The highest BCUT2D eigenvalue weighted by molar-refractivity contribution is 6.15. The van der Waals surface area contributed by atoms with Crippen LogP contribution in [0.25, 0.3) is 38.4 Å². The van der Waals surface area contributed by atoms with Gasteiger partial charge in [0.25, 0.3) is 0 Å². The first-order chi connectivity index (χ1) is 12.6. The molecule has 2 heteroatoms. The summed E-state index contributed by atoms with van der Waals surface area (Å²) in [6.45, 7) is 6.92. The lowest BCUT2D eigenvalue weighted by Crippen LogP contribution is -2.16. The Morgan fingerprint density at radius 1 is 0.808 bits per heavy atom. The van der Waals surface area contributed by atoms with Crippen molar-refractivity contribution in [1.82, 2.24) is 9.38 Å². The minimum Gasteiger partial charge on any atom is -0.292 e. The Balaban J connectivity index is 2.16. The lowest BCUT2D eigenvalue weighted by Gasteiger charge is -2.26. The molecule has 0 radical (unpaired) electrons. The largest absolute Gasteiger partial charge is 0.292 e. The van der Waals surface area contributed by atoms with Crippen molar-refractivity contribution in [2.24, 2.45) is 0 Å². The lowest BCUT2D eigenvalue weighted by molar-refractivity contribution is 0.511. The van der Waals surface area contributed by atoms with Crippen LogP contribution < -0.4 is 0 Å². The van der Waals surface area contributed by atoms with Crippen molar-refractivity contribution in [3.63, 3.8) is 0 Å². The molecule has 0 atom stereocenters. The average molecular weight is 338 g/mol. The van der Waals surface area contributed by atoms with E-state index in [1.807, 2.05) is 0 Å². The number of hydrogen-bond donors (Lipinski definition) is 0. The summed E-state index contributed by atoms with van der Waals surface area (Å²) in [6.07, 6.45) is 1.09. The molecule has 0 spiro atoms. The van der Waals surface area contributed by atoms with Gasteiger partial charge in [-0.1, -0.05) is 69.3 Å². The zero-order valence-corrected chi connectivity index (χ0v) is 15.5. The summed E-state index contributed by atoms with van der Waals surface area (Å²) in [5.74, 6) is 0. The number of para-hydroxylation sites is 3. The Bertz CT molecular complexity index is 1290. The second kappa shape index (κ2) is 5.31. The van der Waals surface area contributed by atoms with Crippen molar-refractivity contribution < 1.29 is 0 Å². The number of pyridine rings is 1. The molecule has 0 unspecified atom stereocenters. The third-order valence-electron chi connectivity index (χ3n) is 5.90. The minimum absolute atomic E-state index is 0.0978. The Morgan fingerprint density at radius 3 is 2.31 bits per heavy atom. The second-order valence-corrected chi connectivity index (χ2v) is 7.74. The molecule has 128 valence electrons. The molecule has 0 aliphatic carbocycles. The summed E-state index contributed by atoms with van der Waals surface area (Å²) < 4.78 is 2.34. The van der Waals surface area contributed by atoms with E-state index >= 15 is 0 Å². The quantitative estimate of drug-likeness (QED) is 0.337. The van der Waals surface area contributed by atoms with E-state index < -0.39 is 0 Å². The Hall–Kier alpha value is -2.87. The van der Waals surface area contributed by atoms with Gasteiger partial charge in [0, 0.05) is 10.8 Å². The summed E-state index contributed by atoms with van der Waals surface area (Å²) in [5, 5.41) is 3.86. The molecule has 0 saturated heterocycles. The van der Waals surface area contributed by atoms with E-state index in [0.29, 0.717) is 0 Å². The highest BCUT2D eigenvalue weighted by Gasteiger charge is 2.24. The zero-order chi connectivity index (χ0) is 17.9. The molecule has 0 aliphatic rings. The van der Waals surface area contributed by atoms with Crippen LogP contribution in [-0.4, -0.2) is 9.38 Å². The van der Waals surface area contributed by atoms with Gasteiger partial charge in [-0.3, -0.25) is 4.40 Å². The van der Waals surface area contributed by atoms with Crippen LogP contribution in [0.3, 0.4) is 0 Å². The number of hydrogen-bond acceptors (Lipinski definition) is 1. The fraction of sp³-hybridized carbons (Fsp3) is 0.208. The summed E-state index contributed by atoms with van der Waals surface area (Å²) in [6, 6.07) is 23.8. The van der Waals surface area contributed by atoms with Crippen molar-refractivity contribution >= 4 is 38.4 Å². The van der Waals surface area contributed by atoms with Gasteiger partial charge in [-0.2, -0.15) is 0 Å². The molecule has 0 aliphatic heterocycles. The maximum absolute atomic E-state index is 5.06. The van der Waals surface area contributed by atoms with Crippen LogP contribution in [0.2, 0.25) is 0 Å². The molecular weight excluding hydrogens is 316 g/mol. The number of imidazole rings is 1. The first-order valence-corrected chi connectivity index (χ1v) is 9.33. The standard InChI is InChI=1S/C24H22N2/c1-4-24(2,3)18-12-9-11-17-16-10-5-7-14-20(16)26-21-15-8-6-13-19(21)25-23(26)22(17)18/h5-15H,4H2,1-3H3. The van der Waals surface area contributed by atoms with Crippen molar-refractivity contribution in [1.29, 1.82) is 0 Å². The molecule has 0 bridgehead atoms. The average Bonchev–Trinajstić information content (AvgIpc) is 3.07. The lowest BCUT2D eigenvalue weighted by atomic mass is 9.79. The number of fused-ring (bicyclic) bond motifs is 8. The topological polar surface area (TPSA) is 17.3 Å². The molecule has 2 nitrogen and oxygen atoms in total. The highest BCUT2D eigenvalue weighted by atomic mass is 15.0. The highest BCUT2D eigenvalue weighted by Crippen LogP contribution is 2.39. The van der Waals surface area contributed by atoms with Gasteiger partial charge >= 0.3 is 0 Å². The number of aromatic nitrogens is 2. The van der Waals surface area contributed by atoms with Gasteiger partial charge < -0.3 is 0 Å². The summed E-state index contributed by atoms with van der Waals surface area (Å²) in [4.78, 5) is 5.06. The van der Waals surface area contributed by atoms with Gasteiger partial charge in [-0.05, 0) is 41.0 Å². The molecular formula is C24H22N2. The smallest absolute Gasteiger partial charge is 0.146 e. The summed E-state index contributed by atoms with van der Waals surface area (Å²) in [5.41, 5.74) is 5.98. The Morgan fingerprint density at radius 2 is 1.50 bits per heavy atom. The Labute approximate surface area is 153 Å². The second-order valence-electron chi connectivity index (χ2n) is 7.74. The van der Waals surface area contributed by atoms with Crippen molar-refractivity contribution in [3.8, 4) is 0 Å². The minimum atomic E-state index is 0.0978. The summed E-state index contributed by atoms with van der Waals surface area (Å²) >= 11 is 0. The SMILES string of the molecule is CCC(C)(C)c1cccc2c3ccccc3n3c4ccccc4nc3c12. The van der Waals surface area contributed by atoms with E-state index in [-0.39, 0.29) is 5.41 Å². The zero-order valence-electron chi connectivity index (χ0n) is 15.5. The van der Waals surface area contributed by atoms with E-state index in [0.717, 1.165) is 17.6 Å². The fourth-order valence-corrected chi connectivity index (χ4v) is 4.11. The molecule has 0 saturated carbocycles. The molecule has 2 heterocycles. The van der Waals surface area contributed by atoms with E-state index in [9.17, 15) is 0 Å². The van der Waals surface area contributed by atoms with Crippen LogP contribution in [0, 0.1) is 0 Å². The van der Waals surface area contributed by atoms with E-state index in [4.69, 9.17) is 4.98 Å². The van der Waals surface area contributed by atoms with Gasteiger partial charge in [0.05, 0.1) is 16.6 Å². The van der Waals surface area contributed by atoms with Crippen molar-refractivity contribution in [3.05, 3.63) is 72.3 Å². The predicted octanol–water partition coefficient (Wildman–Crippen LogP) is 6.48. The van der Waals surface area contributed by atoms with Gasteiger partial charge in [0.1, 0.15) is 5.65 Å². The number of nitrogens with zero attached hydrogens (tertiary/aromatic N) is 2.